The lowest BCUT2D eigenvalue weighted by atomic mass is 9.92. The number of hydrogen-bond donors (Lipinski definition) is 1. The van der Waals surface area contributed by atoms with Gasteiger partial charge in [0.1, 0.15) is 11.4 Å². The van der Waals surface area contributed by atoms with E-state index in [1.807, 2.05) is 32.9 Å². The normalized spacial score (nSPS) is 13.5. The Morgan fingerprint density at radius 3 is 2.23 bits per heavy atom. The molecule has 1 atom stereocenters. The monoisotopic (exact) mass is 363 g/mol. The molecule has 1 unspecified atom stereocenters. The first-order valence-corrected chi connectivity index (χ1v) is 9.93. The summed E-state index contributed by atoms with van der Waals surface area (Å²) in [6, 6.07) is 3.95. The van der Waals surface area contributed by atoms with E-state index < -0.39 is 5.60 Å². The van der Waals surface area contributed by atoms with Crippen molar-refractivity contribution >= 4 is 11.6 Å². The van der Waals surface area contributed by atoms with Gasteiger partial charge in [0.15, 0.2) is 0 Å². The van der Waals surface area contributed by atoms with Crippen LogP contribution >= 0.6 is 0 Å². The minimum absolute atomic E-state index is 0.0851. The van der Waals surface area contributed by atoms with Gasteiger partial charge >= 0.3 is 0 Å². The maximum Gasteiger partial charge on any atom is 0.256 e. The number of carbonyl (C=O) groups is 1. The van der Waals surface area contributed by atoms with E-state index in [4.69, 9.17) is 9.47 Å². The Hall–Kier alpha value is -1.55. The Kier molecular flexibility index (Phi) is 9.14. The lowest BCUT2D eigenvalue weighted by Crippen LogP contribution is -2.44. The summed E-state index contributed by atoms with van der Waals surface area (Å²) in [5.74, 6) is 1.21. The van der Waals surface area contributed by atoms with Crippen LogP contribution in [0.5, 0.6) is 5.75 Å². The Labute approximate surface area is 159 Å². The van der Waals surface area contributed by atoms with Gasteiger partial charge in [0.25, 0.3) is 5.91 Å². The number of ether oxygens (including phenoxy) is 2. The number of carbonyl (C=O) groups excluding carboxylic acids is 1. The van der Waals surface area contributed by atoms with E-state index in [1.165, 1.54) is 0 Å². The summed E-state index contributed by atoms with van der Waals surface area (Å²) in [6.07, 6.45) is 3.73. The average Bonchev–Trinajstić information content (AvgIpc) is 2.55. The molecule has 26 heavy (non-hydrogen) atoms. The second kappa shape index (κ2) is 10.6. The lowest BCUT2D eigenvalue weighted by molar-refractivity contribution is -0.141. The predicted molar refractivity (Wildman–Crippen MR) is 109 cm³/mol. The molecule has 0 radical (unpaired) electrons. The highest BCUT2D eigenvalue weighted by Crippen LogP contribution is 2.29. The summed E-state index contributed by atoms with van der Waals surface area (Å²) in [6.45, 7) is 15.7. The molecule has 1 N–H and O–H groups in total. The van der Waals surface area contributed by atoms with Crippen molar-refractivity contribution in [3.05, 3.63) is 23.3 Å². The molecule has 0 aliphatic carbocycles. The summed E-state index contributed by atoms with van der Waals surface area (Å²) < 4.78 is 11.8. The van der Waals surface area contributed by atoms with Crippen molar-refractivity contribution in [3.8, 4) is 5.75 Å². The molecule has 1 aromatic rings. The molecule has 0 spiro atoms. The first-order chi connectivity index (χ1) is 12.2. The second-order valence-corrected chi connectivity index (χ2v) is 7.77. The van der Waals surface area contributed by atoms with Gasteiger partial charge in [0.05, 0.1) is 6.61 Å². The van der Waals surface area contributed by atoms with E-state index in [2.05, 4.69) is 33.0 Å². The molecule has 0 bridgehead atoms. The van der Waals surface area contributed by atoms with Crippen LogP contribution < -0.4 is 10.1 Å². The van der Waals surface area contributed by atoms with Gasteiger partial charge in [-0.2, -0.15) is 0 Å². The highest BCUT2D eigenvalue weighted by molar-refractivity contribution is 5.97. The largest absolute Gasteiger partial charge is 0.493 e. The van der Waals surface area contributed by atoms with Crippen LogP contribution in [0.1, 0.15) is 71.4 Å². The van der Waals surface area contributed by atoms with Crippen molar-refractivity contribution in [2.45, 2.75) is 79.8 Å². The number of anilines is 1. The minimum Gasteiger partial charge on any atom is -0.493 e. The molecule has 4 nitrogen and oxygen atoms in total. The van der Waals surface area contributed by atoms with Crippen LogP contribution in [0, 0.1) is 19.8 Å². The summed E-state index contributed by atoms with van der Waals surface area (Å²) in [5.41, 5.74) is 2.05. The number of benzene rings is 1. The predicted octanol–water partition coefficient (Wildman–Crippen LogP) is 5.65. The average molecular weight is 364 g/mol. The minimum atomic E-state index is -0.817. The van der Waals surface area contributed by atoms with Crippen LogP contribution in [0.3, 0.4) is 0 Å². The highest BCUT2D eigenvalue weighted by Gasteiger charge is 2.35. The molecule has 0 fully saturated rings. The smallest absolute Gasteiger partial charge is 0.256 e. The van der Waals surface area contributed by atoms with Crippen LogP contribution in [-0.2, 0) is 9.53 Å². The van der Waals surface area contributed by atoms with E-state index in [9.17, 15) is 4.79 Å². The van der Waals surface area contributed by atoms with E-state index in [-0.39, 0.29) is 5.91 Å². The summed E-state index contributed by atoms with van der Waals surface area (Å²) in [7, 11) is 0. The van der Waals surface area contributed by atoms with Crippen molar-refractivity contribution in [1.29, 1.82) is 0 Å². The van der Waals surface area contributed by atoms with Gasteiger partial charge < -0.3 is 14.8 Å². The number of hydrogen-bond acceptors (Lipinski definition) is 3. The Bertz CT molecular complexity index is 560. The SMILES string of the molecule is CCCCOc1c(C)cc(NC(=O)C(C)(CC(C)C)OCCC)cc1C. The van der Waals surface area contributed by atoms with Gasteiger partial charge in [-0.25, -0.2) is 0 Å². The first-order valence-electron chi connectivity index (χ1n) is 9.93. The highest BCUT2D eigenvalue weighted by atomic mass is 16.5. The molecule has 0 aromatic heterocycles. The van der Waals surface area contributed by atoms with Crippen molar-refractivity contribution in [3.63, 3.8) is 0 Å². The van der Waals surface area contributed by atoms with Crippen molar-refractivity contribution in [2.75, 3.05) is 18.5 Å². The number of unbranched alkanes of at least 4 members (excludes halogenated alkanes) is 1. The molecule has 148 valence electrons. The first kappa shape index (κ1) is 22.5. The van der Waals surface area contributed by atoms with Crippen molar-refractivity contribution in [2.24, 2.45) is 5.92 Å². The molecule has 1 amide bonds. The van der Waals surface area contributed by atoms with Crippen LogP contribution in [0.25, 0.3) is 0 Å². The molecule has 0 aliphatic heterocycles. The molecular formula is C22H37NO3. The van der Waals surface area contributed by atoms with Gasteiger partial charge in [0.2, 0.25) is 0 Å². The number of amides is 1. The van der Waals surface area contributed by atoms with Gasteiger partial charge in [-0.15, -0.1) is 0 Å². The lowest BCUT2D eigenvalue weighted by Gasteiger charge is -2.30. The van der Waals surface area contributed by atoms with Gasteiger partial charge in [-0.3, -0.25) is 4.79 Å². The molecule has 1 rings (SSSR count). The zero-order valence-corrected chi connectivity index (χ0v) is 17.7. The second-order valence-electron chi connectivity index (χ2n) is 7.77. The van der Waals surface area contributed by atoms with Crippen molar-refractivity contribution in [1.82, 2.24) is 0 Å². The Balaban J connectivity index is 2.92. The summed E-state index contributed by atoms with van der Waals surface area (Å²) >= 11 is 0. The fourth-order valence-electron chi connectivity index (χ4n) is 3.16. The Morgan fingerprint density at radius 2 is 1.73 bits per heavy atom. The number of aryl methyl sites for hydroxylation is 2. The van der Waals surface area contributed by atoms with E-state index >= 15 is 0 Å². The van der Waals surface area contributed by atoms with Crippen molar-refractivity contribution < 1.29 is 14.3 Å². The molecule has 1 aromatic carbocycles. The maximum atomic E-state index is 12.9. The van der Waals surface area contributed by atoms with Crippen LogP contribution in [-0.4, -0.2) is 24.7 Å². The van der Waals surface area contributed by atoms with Crippen LogP contribution in [0.4, 0.5) is 5.69 Å². The fraction of sp³-hybridized carbons (Fsp3) is 0.682. The molecule has 0 saturated carbocycles. The summed E-state index contributed by atoms with van der Waals surface area (Å²) in [5, 5.41) is 3.05. The molecule has 0 aliphatic rings. The number of rotatable bonds is 11. The summed E-state index contributed by atoms with van der Waals surface area (Å²) in [4.78, 5) is 12.9. The maximum absolute atomic E-state index is 12.9. The molecule has 0 heterocycles. The van der Waals surface area contributed by atoms with Crippen LogP contribution in [0.15, 0.2) is 12.1 Å². The molecular weight excluding hydrogens is 326 g/mol. The van der Waals surface area contributed by atoms with Gasteiger partial charge in [0, 0.05) is 12.3 Å². The van der Waals surface area contributed by atoms with Crippen LogP contribution in [0.2, 0.25) is 0 Å². The zero-order valence-electron chi connectivity index (χ0n) is 17.7. The molecule has 4 heteroatoms. The van der Waals surface area contributed by atoms with E-state index in [0.717, 1.165) is 48.4 Å². The standard InChI is InChI=1S/C22H37NO3/c1-8-10-12-25-20-17(5)13-19(14-18(20)6)23-21(24)22(7,15-16(3)4)26-11-9-2/h13-14,16H,8-12,15H2,1-7H3,(H,23,24). The third-order valence-electron chi connectivity index (χ3n) is 4.37. The number of nitrogens with one attached hydrogen (secondary N) is 1. The van der Waals surface area contributed by atoms with E-state index in [1.54, 1.807) is 0 Å². The molecule has 0 saturated heterocycles. The zero-order chi connectivity index (χ0) is 19.7. The van der Waals surface area contributed by atoms with Gasteiger partial charge in [-0.1, -0.05) is 34.1 Å². The third-order valence-corrected chi connectivity index (χ3v) is 4.37. The van der Waals surface area contributed by atoms with Gasteiger partial charge in [-0.05, 0) is 69.2 Å². The van der Waals surface area contributed by atoms with E-state index in [0.29, 0.717) is 18.9 Å². The topological polar surface area (TPSA) is 47.6 Å². The Morgan fingerprint density at radius 1 is 1.12 bits per heavy atom. The fourth-order valence-corrected chi connectivity index (χ4v) is 3.16. The third kappa shape index (κ3) is 6.64. The quantitative estimate of drug-likeness (QED) is 0.517.